The highest BCUT2D eigenvalue weighted by Gasteiger charge is 2.34. The van der Waals surface area contributed by atoms with Gasteiger partial charge in [0.15, 0.2) is 5.96 Å². The fourth-order valence-electron chi connectivity index (χ4n) is 3.64. The van der Waals surface area contributed by atoms with Crippen LogP contribution in [0, 0.1) is 0 Å². The van der Waals surface area contributed by atoms with Crippen molar-refractivity contribution in [3.8, 4) is 0 Å². The van der Waals surface area contributed by atoms with Gasteiger partial charge in [0.1, 0.15) is 9.84 Å². The highest BCUT2D eigenvalue weighted by Crippen LogP contribution is 2.26. The number of benzene rings is 1. The van der Waals surface area contributed by atoms with E-state index in [2.05, 4.69) is 47.1 Å². The molecule has 2 rings (SSSR count). The number of nitrogens with one attached hydrogen (secondary N) is 3. The molecule has 2 atom stereocenters. The van der Waals surface area contributed by atoms with Crippen molar-refractivity contribution in [2.75, 3.05) is 38.3 Å². The van der Waals surface area contributed by atoms with Gasteiger partial charge in [-0.1, -0.05) is 30.3 Å². The van der Waals surface area contributed by atoms with E-state index in [1.54, 1.807) is 0 Å². The first-order valence-corrected chi connectivity index (χ1v) is 12.9. The van der Waals surface area contributed by atoms with Crippen molar-refractivity contribution in [2.45, 2.75) is 57.7 Å². The van der Waals surface area contributed by atoms with Crippen molar-refractivity contribution in [1.82, 2.24) is 16.0 Å². The molecule has 170 valence electrons. The lowest BCUT2D eigenvalue weighted by Gasteiger charge is -2.39. The lowest BCUT2D eigenvalue weighted by molar-refractivity contribution is 0.0374. The maximum atomic E-state index is 11.4. The Hall–Kier alpha value is -1.64. The molecule has 0 spiro atoms. The third-order valence-corrected chi connectivity index (χ3v) is 6.44. The Morgan fingerprint density at radius 2 is 1.87 bits per heavy atom. The number of guanidine groups is 1. The summed E-state index contributed by atoms with van der Waals surface area (Å²) in [5.74, 6) is 0.886. The van der Waals surface area contributed by atoms with E-state index in [0.717, 1.165) is 38.6 Å². The van der Waals surface area contributed by atoms with Crippen LogP contribution in [0.15, 0.2) is 35.3 Å². The fraction of sp³-hybridized carbons (Fsp3) is 0.682. The molecule has 1 aliphatic rings. The number of hydrogen-bond donors (Lipinski definition) is 3. The first kappa shape index (κ1) is 24.6. The number of rotatable bonds is 10. The van der Waals surface area contributed by atoms with Crippen molar-refractivity contribution in [2.24, 2.45) is 4.99 Å². The molecule has 1 aromatic carbocycles. The summed E-state index contributed by atoms with van der Waals surface area (Å²) in [6, 6.07) is 10.7. The molecule has 0 bridgehead atoms. The van der Waals surface area contributed by atoms with Gasteiger partial charge in [0.25, 0.3) is 0 Å². The number of aliphatic imine (C=N–C) groups is 1. The topological polar surface area (TPSA) is 91.8 Å². The van der Waals surface area contributed by atoms with E-state index >= 15 is 0 Å². The third kappa shape index (κ3) is 8.62. The van der Waals surface area contributed by atoms with Gasteiger partial charge in [-0.25, -0.2) is 8.42 Å². The van der Waals surface area contributed by atoms with E-state index in [0.29, 0.717) is 13.0 Å². The Balaban J connectivity index is 2.07. The Morgan fingerprint density at radius 1 is 1.20 bits per heavy atom. The van der Waals surface area contributed by atoms with Gasteiger partial charge in [-0.05, 0) is 45.6 Å². The average molecular weight is 439 g/mol. The summed E-state index contributed by atoms with van der Waals surface area (Å²) >= 11 is 0. The van der Waals surface area contributed by atoms with Gasteiger partial charge < -0.3 is 20.7 Å². The minimum absolute atomic E-state index is 0.0133. The molecule has 1 fully saturated rings. The van der Waals surface area contributed by atoms with Crippen LogP contribution in [0.4, 0.5) is 0 Å². The van der Waals surface area contributed by atoms with E-state index in [4.69, 9.17) is 9.73 Å². The van der Waals surface area contributed by atoms with Gasteiger partial charge >= 0.3 is 0 Å². The fourth-order valence-corrected chi connectivity index (χ4v) is 4.42. The summed E-state index contributed by atoms with van der Waals surface area (Å²) < 4.78 is 28.5. The molecular weight excluding hydrogens is 400 g/mol. The second-order valence-corrected chi connectivity index (χ2v) is 10.6. The van der Waals surface area contributed by atoms with E-state index in [9.17, 15) is 8.42 Å². The van der Waals surface area contributed by atoms with Gasteiger partial charge in [-0.15, -0.1) is 0 Å². The first-order valence-electron chi connectivity index (χ1n) is 10.9. The van der Waals surface area contributed by atoms with Crippen LogP contribution in [0.25, 0.3) is 0 Å². The summed E-state index contributed by atoms with van der Waals surface area (Å²) in [5.41, 5.74) is 1.12. The van der Waals surface area contributed by atoms with Crippen LogP contribution >= 0.6 is 0 Å². The molecule has 1 saturated heterocycles. The quantitative estimate of drug-likeness (QED) is 0.383. The zero-order chi connectivity index (χ0) is 22.0. The van der Waals surface area contributed by atoms with E-state index in [-0.39, 0.29) is 23.4 Å². The number of sulfone groups is 1. The molecule has 0 aromatic heterocycles. The van der Waals surface area contributed by atoms with Crippen LogP contribution in [-0.2, 0) is 14.6 Å². The molecular formula is C22H38N4O3S. The molecule has 2 unspecified atom stereocenters. The van der Waals surface area contributed by atoms with Crippen LogP contribution in [0.3, 0.4) is 0 Å². The maximum absolute atomic E-state index is 11.4. The number of hydrogen-bond acceptors (Lipinski definition) is 5. The lowest BCUT2D eigenvalue weighted by Crippen LogP contribution is -2.53. The van der Waals surface area contributed by atoms with Gasteiger partial charge in [0.05, 0.1) is 12.3 Å². The third-order valence-electron chi connectivity index (χ3n) is 5.46. The molecule has 1 heterocycles. The van der Waals surface area contributed by atoms with Crippen molar-refractivity contribution in [3.63, 3.8) is 0 Å². The van der Waals surface area contributed by atoms with Crippen molar-refractivity contribution >= 4 is 15.8 Å². The Labute approximate surface area is 182 Å². The standard InChI is InChI=1S/C22H38N4O3S/c1-5-23-21(25-18(2)11-16-30(4,27)28)24-17-22(12-14-29-15-13-22)26-19(3)20-9-7-6-8-10-20/h6-10,18-19,26H,5,11-17H2,1-4H3,(H2,23,24,25). The van der Waals surface area contributed by atoms with Crippen LogP contribution in [-0.4, -0.2) is 64.3 Å². The zero-order valence-corrected chi connectivity index (χ0v) is 19.6. The predicted molar refractivity (Wildman–Crippen MR) is 124 cm³/mol. The summed E-state index contributed by atoms with van der Waals surface area (Å²) in [6.45, 7) is 9.01. The summed E-state index contributed by atoms with van der Waals surface area (Å²) in [7, 11) is -2.97. The molecule has 0 radical (unpaired) electrons. The van der Waals surface area contributed by atoms with Crippen molar-refractivity contribution in [1.29, 1.82) is 0 Å². The van der Waals surface area contributed by atoms with E-state index in [1.807, 2.05) is 19.9 Å². The van der Waals surface area contributed by atoms with Gasteiger partial charge in [-0.2, -0.15) is 0 Å². The van der Waals surface area contributed by atoms with Crippen LogP contribution in [0.2, 0.25) is 0 Å². The van der Waals surface area contributed by atoms with Gasteiger partial charge in [-0.3, -0.25) is 4.99 Å². The van der Waals surface area contributed by atoms with Crippen molar-refractivity contribution < 1.29 is 13.2 Å². The summed E-state index contributed by atoms with van der Waals surface area (Å²) in [4.78, 5) is 4.87. The highest BCUT2D eigenvalue weighted by molar-refractivity contribution is 7.90. The molecule has 0 amide bonds. The lowest BCUT2D eigenvalue weighted by atomic mass is 9.88. The number of nitrogens with zero attached hydrogens (tertiary/aromatic N) is 1. The van der Waals surface area contributed by atoms with Crippen molar-refractivity contribution in [3.05, 3.63) is 35.9 Å². The molecule has 3 N–H and O–H groups in total. The Kier molecular flexibility index (Phi) is 9.58. The maximum Gasteiger partial charge on any atom is 0.191 e. The van der Waals surface area contributed by atoms with Crippen LogP contribution in [0.5, 0.6) is 0 Å². The normalized spacial score (nSPS) is 19.1. The second kappa shape index (κ2) is 11.7. The molecule has 7 nitrogen and oxygen atoms in total. The van der Waals surface area contributed by atoms with E-state index in [1.165, 1.54) is 11.8 Å². The monoisotopic (exact) mass is 438 g/mol. The van der Waals surface area contributed by atoms with E-state index < -0.39 is 9.84 Å². The highest BCUT2D eigenvalue weighted by atomic mass is 32.2. The van der Waals surface area contributed by atoms with Crippen LogP contribution < -0.4 is 16.0 Å². The largest absolute Gasteiger partial charge is 0.381 e. The zero-order valence-electron chi connectivity index (χ0n) is 18.8. The molecule has 1 aliphatic heterocycles. The smallest absolute Gasteiger partial charge is 0.191 e. The predicted octanol–water partition coefficient (Wildman–Crippen LogP) is 2.26. The molecule has 30 heavy (non-hydrogen) atoms. The summed E-state index contributed by atoms with van der Waals surface area (Å²) in [5, 5.41) is 10.5. The van der Waals surface area contributed by atoms with Gasteiger partial charge in [0, 0.05) is 43.6 Å². The second-order valence-electron chi connectivity index (χ2n) is 8.33. The summed E-state index contributed by atoms with van der Waals surface area (Å²) in [6.07, 6.45) is 3.62. The first-order chi connectivity index (χ1) is 14.2. The average Bonchev–Trinajstić information content (AvgIpc) is 2.71. The Morgan fingerprint density at radius 3 is 2.47 bits per heavy atom. The molecule has 1 aromatic rings. The molecule has 8 heteroatoms. The van der Waals surface area contributed by atoms with Crippen LogP contribution in [0.1, 0.15) is 51.6 Å². The molecule has 0 aliphatic carbocycles. The minimum Gasteiger partial charge on any atom is -0.381 e. The number of ether oxygens (including phenoxy) is 1. The SMILES string of the molecule is CCNC(=NCC1(NC(C)c2ccccc2)CCOCC1)NC(C)CCS(C)(=O)=O. The Bertz CT molecular complexity index is 762. The minimum atomic E-state index is -2.97. The van der Waals surface area contributed by atoms with Gasteiger partial charge in [0.2, 0.25) is 0 Å². The molecule has 0 saturated carbocycles.